The van der Waals surface area contributed by atoms with Crippen molar-refractivity contribution in [1.29, 1.82) is 0 Å². The van der Waals surface area contributed by atoms with Crippen molar-refractivity contribution < 1.29 is 9.53 Å². The maximum atomic E-state index is 12.5. The average molecular weight is 288 g/mol. The van der Waals surface area contributed by atoms with Crippen LogP contribution in [0.5, 0.6) is 5.75 Å². The van der Waals surface area contributed by atoms with E-state index in [0.29, 0.717) is 0 Å². The van der Waals surface area contributed by atoms with Gasteiger partial charge in [-0.05, 0) is 43.9 Å². The second-order valence-corrected chi connectivity index (χ2v) is 6.34. The number of ether oxygens (including phenoxy) is 1. The van der Waals surface area contributed by atoms with Crippen LogP contribution in [-0.4, -0.2) is 30.0 Å². The van der Waals surface area contributed by atoms with Gasteiger partial charge in [0.15, 0.2) is 0 Å². The number of benzene rings is 1. The molecule has 0 radical (unpaired) electrons. The molecule has 1 heterocycles. The Bertz CT molecular complexity index is 510. The van der Waals surface area contributed by atoms with Crippen molar-refractivity contribution in [2.24, 2.45) is 5.92 Å². The summed E-state index contributed by atoms with van der Waals surface area (Å²) >= 11 is 0. The van der Waals surface area contributed by atoms with Gasteiger partial charge in [-0.1, -0.05) is 25.0 Å². The van der Waals surface area contributed by atoms with Gasteiger partial charge >= 0.3 is 0 Å². The molecule has 4 nitrogen and oxygen atoms in total. The minimum atomic E-state index is -0.112. The highest BCUT2D eigenvalue weighted by Gasteiger charge is 2.41. The highest BCUT2D eigenvalue weighted by molar-refractivity contribution is 5.84. The van der Waals surface area contributed by atoms with Crippen LogP contribution in [0.1, 0.15) is 44.8 Å². The summed E-state index contributed by atoms with van der Waals surface area (Å²) in [6.45, 7) is 4.12. The summed E-state index contributed by atoms with van der Waals surface area (Å²) in [6, 6.07) is 8.16. The molecule has 1 saturated carbocycles. The summed E-state index contributed by atoms with van der Waals surface area (Å²) < 4.78 is 5.21. The molecule has 1 aromatic carbocycles. The molecule has 0 aromatic heterocycles. The van der Waals surface area contributed by atoms with Gasteiger partial charge in [-0.3, -0.25) is 10.1 Å². The number of hydrogen-bond acceptors (Lipinski definition) is 3. The predicted molar refractivity (Wildman–Crippen MR) is 82.0 cm³/mol. The van der Waals surface area contributed by atoms with E-state index in [1.165, 1.54) is 12.8 Å². The number of amides is 1. The number of carbonyl (C=O) groups excluding carboxylic acids is 1. The number of hydrogen-bond donors (Lipinski definition) is 1. The second-order valence-electron chi connectivity index (χ2n) is 6.34. The van der Waals surface area contributed by atoms with Gasteiger partial charge in [0.05, 0.1) is 13.2 Å². The molecular formula is C17H24N2O2. The molecule has 1 aliphatic carbocycles. The summed E-state index contributed by atoms with van der Waals surface area (Å²) in [5.41, 5.74) is 1.12. The largest absolute Gasteiger partial charge is 0.497 e. The lowest BCUT2D eigenvalue weighted by Crippen LogP contribution is -2.38. The highest BCUT2D eigenvalue weighted by atomic mass is 16.5. The molecule has 3 rings (SSSR count). The standard InChI is InChI=1S/C17H24N2O2/c1-11(10-13-4-5-13)19-16(18-12(2)17(19)20)14-6-8-15(21-3)9-7-14/h6-9,11-13,16,18H,4-5,10H2,1-3H3. The SMILES string of the molecule is COc1ccc(C2NC(C)C(=O)N2C(C)CC2CC2)cc1. The van der Waals surface area contributed by atoms with Crippen molar-refractivity contribution >= 4 is 5.91 Å². The zero-order valence-electron chi connectivity index (χ0n) is 13.0. The van der Waals surface area contributed by atoms with E-state index < -0.39 is 0 Å². The van der Waals surface area contributed by atoms with Gasteiger partial charge in [0.1, 0.15) is 11.9 Å². The minimum Gasteiger partial charge on any atom is -0.497 e. The molecular weight excluding hydrogens is 264 g/mol. The molecule has 0 bridgehead atoms. The number of carbonyl (C=O) groups is 1. The summed E-state index contributed by atoms with van der Waals surface area (Å²) in [4.78, 5) is 14.5. The third kappa shape index (κ3) is 2.91. The Balaban J connectivity index is 1.81. The van der Waals surface area contributed by atoms with E-state index in [4.69, 9.17) is 4.74 Å². The fourth-order valence-corrected chi connectivity index (χ4v) is 3.20. The molecule has 0 spiro atoms. The van der Waals surface area contributed by atoms with Crippen LogP contribution in [0.2, 0.25) is 0 Å². The third-order valence-electron chi connectivity index (χ3n) is 4.59. The monoisotopic (exact) mass is 288 g/mol. The Morgan fingerprint density at radius 1 is 1.33 bits per heavy atom. The van der Waals surface area contributed by atoms with Gasteiger partial charge < -0.3 is 9.64 Å². The van der Waals surface area contributed by atoms with E-state index in [2.05, 4.69) is 12.2 Å². The van der Waals surface area contributed by atoms with Crippen LogP contribution < -0.4 is 10.1 Å². The molecule has 3 atom stereocenters. The third-order valence-corrected chi connectivity index (χ3v) is 4.59. The molecule has 1 saturated heterocycles. The van der Waals surface area contributed by atoms with E-state index >= 15 is 0 Å². The van der Waals surface area contributed by atoms with Gasteiger partial charge in [-0.25, -0.2) is 0 Å². The molecule has 1 aliphatic heterocycles. The molecule has 1 amide bonds. The molecule has 1 N–H and O–H groups in total. The Morgan fingerprint density at radius 3 is 2.57 bits per heavy atom. The Labute approximate surface area is 126 Å². The first-order valence-corrected chi connectivity index (χ1v) is 7.82. The zero-order chi connectivity index (χ0) is 15.0. The molecule has 4 heteroatoms. The van der Waals surface area contributed by atoms with E-state index in [1.807, 2.05) is 36.1 Å². The quantitative estimate of drug-likeness (QED) is 0.906. The summed E-state index contributed by atoms with van der Waals surface area (Å²) in [5.74, 6) is 1.87. The first-order valence-electron chi connectivity index (χ1n) is 7.82. The van der Waals surface area contributed by atoms with Gasteiger partial charge in [-0.2, -0.15) is 0 Å². The van der Waals surface area contributed by atoms with Crippen LogP contribution in [0, 0.1) is 5.92 Å². The summed E-state index contributed by atoms with van der Waals surface area (Å²) in [6.07, 6.45) is 3.74. The minimum absolute atomic E-state index is 0.0212. The smallest absolute Gasteiger partial charge is 0.241 e. The number of rotatable bonds is 5. The van der Waals surface area contributed by atoms with Crippen LogP contribution >= 0.6 is 0 Å². The lowest BCUT2D eigenvalue weighted by molar-refractivity contribution is -0.132. The van der Waals surface area contributed by atoms with E-state index in [9.17, 15) is 4.79 Å². The van der Waals surface area contributed by atoms with E-state index in [-0.39, 0.29) is 24.2 Å². The van der Waals surface area contributed by atoms with Gasteiger partial charge in [0.2, 0.25) is 5.91 Å². The van der Waals surface area contributed by atoms with E-state index in [1.54, 1.807) is 7.11 Å². The Morgan fingerprint density at radius 2 is 2.00 bits per heavy atom. The van der Waals surface area contributed by atoms with Crippen LogP contribution in [0.4, 0.5) is 0 Å². The molecule has 1 aromatic rings. The van der Waals surface area contributed by atoms with Gasteiger partial charge in [-0.15, -0.1) is 0 Å². The number of methoxy groups -OCH3 is 1. The Kier molecular flexibility index (Phi) is 3.89. The maximum Gasteiger partial charge on any atom is 0.241 e. The first kappa shape index (κ1) is 14.4. The van der Waals surface area contributed by atoms with Gasteiger partial charge in [0, 0.05) is 6.04 Å². The predicted octanol–water partition coefficient (Wildman–Crippen LogP) is 2.70. The molecule has 2 aliphatic rings. The molecule has 21 heavy (non-hydrogen) atoms. The van der Waals surface area contributed by atoms with Crippen LogP contribution in [0.25, 0.3) is 0 Å². The van der Waals surface area contributed by atoms with Crippen LogP contribution in [-0.2, 0) is 4.79 Å². The first-order chi connectivity index (χ1) is 10.1. The zero-order valence-corrected chi connectivity index (χ0v) is 13.0. The van der Waals surface area contributed by atoms with Crippen LogP contribution in [0.15, 0.2) is 24.3 Å². The lowest BCUT2D eigenvalue weighted by atomic mass is 10.1. The van der Waals surface area contributed by atoms with Crippen molar-refractivity contribution in [3.63, 3.8) is 0 Å². The topological polar surface area (TPSA) is 41.6 Å². The maximum absolute atomic E-state index is 12.5. The molecule has 3 unspecified atom stereocenters. The van der Waals surface area contributed by atoms with E-state index in [0.717, 1.165) is 23.7 Å². The fraction of sp³-hybridized carbons (Fsp3) is 0.588. The number of nitrogens with zero attached hydrogens (tertiary/aromatic N) is 1. The normalized spacial score (nSPS) is 27.0. The fourth-order valence-electron chi connectivity index (χ4n) is 3.20. The van der Waals surface area contributed by atoms with Crippen molar-refractivity contribution in [3.05, 3.63) is 29.8 Å². The van der Waals surface area contributed by atoms with Crippen molar-refractivity contribution in [1.82, 2.24) is 10.2 Å². The molecule has 2 fully saturated rings. The van der Waals surface area contributed by atoms with Crippen molar-refractivity contribution in [2.75, 3.05) is 7.11 Å². The summed E-state index contributed by atoms with van der Waals surface area (Å²) in [5, 5.41) is 3.42. The Hall–Kier alpha value is -1.55. The van der Waals surface area contributed by atoms with Crippen LogP contribution in [0.3, 0.4) is 0 Å². The number of nitrogens with one attached hydrogen (secondary N) is 1. The molecule has 114 valence electrons. The van der Waals surface area contributed by atoms with Crippen molar-refractivity contribution in [2.45, 2.75) is 51.4 Å². The average Bonchev–Trinajstić information content (AvgIpc) is 3.25. The lowest BCUT2D eigenvalue weighted by Gasteiger charge is -2.31. The highest BCUT2D eigenvalue weighted by Crippen LogP contribution is 2.37. The second kappa shape index (κ2) is 5.68. The van der Waals surface area contributed by atoms with Gasteiger partial charge in [0.25, 0.3) is 0 Å². The summed E-state index contributed by atoms with van der Waals surface area (Å²) in [7, 11) is 1.67. The van der Waals surface area contributed by atoms with Crippen molar-refractivity contribution in [3.8, 4) is 5.75 Å².